The van der Waals surface area contributed by atoms with Crippen LogP contribution in [-0.2, 0) is 0 Å². The normalized spacial score (nSPS) is 33.4. The quantitative estimate of drug-likeness (QED) is 0.761. The van der Waals surface area contributed by atoms with E-state index < -0.39 is 12.1 Å². The van der Waals surface area contributed by atoms with Crippen LogP contribution in [0.4, 0.5) is 18.0 Å². The number of nitrogens with zero attached hydrogens (tertiary/aromatic N) is 1. The summed E-state index contributed by atoms with van der Waals surface area (Å²) >= 11 is 0. The van der Waals surface area contributed by atoms with Gasteiger partial charge >= 0.3 is 12.2 Å². The summed E-state index contributed by atoms with van der Waals surface area (Å²) in [5.41, 5.74) is 0. The van der Waals surface area contributed by atoms with E-state index in [9.17, 15) is 18.0 Å². The van der Waals surface area contributed by atoms with Gasteiger partial charge in [0.1, 0.15) is 0 Å². The number of rotatable bonds is 1. The molecule has 1 aliphatic heterocycles. The molecule has 1 N–H and O–H groups in total. The summed E-state index contributed by atoms with van der Waals surface area (Å²) in [4.78, 5) is 13.0. The first-order valence-corrected chi connectivity index (χ1v) is 6.00. The van der Waals surface area contributed by atoms with Crippen molar-refractivity contribution in [2.75, 3.05) is 13.1 Å². The molecule has 2 amide bonds. The predicted octanol–water partition coefficient (Wildman–Crippen LogP) is 2.38. The SMILES string of the molecule is C[C@@H]1C[C@H]1NC(=O)N1CCC[C@@H](C(F)(F)F)C1. The zero-order valence-electron chi connectivity index (χ0n) is 9.76. The van der Waals surface area contributed by atoms with E-state index in [1.807, 2.05) is 6.92 Å². The molecule has 1 saturated heterocycles. The minimum atomic E-state index is -4.19. The minimum Gasteiger partial charge on any atom is -0.335 e. The van der Waals surface area contributed by atoms with E-state index in [1.165, 1.54) is 4.90 Å². The highest BCUT2D eigenvalue weighted by atomic mass is 19.4. The lowest BCUT2D eigenvalue weighted by Crippen LogP contribution is -2.49. The zero-order valence-corrected chi connectivity index (χ0v) is 9.76. The van der Waals surface area contributed by atoms with Gasteiger partial charge in [0, 0.05) is 19.1 Å². The summed E-state index contributed by atoms with van der Waals surface area (Å²) in [6.07, 6.45) is -2.70. The molecule has 0 aromatic carbocycles. The van der Waals surface area contributed by atoms with E-state index >= 15 is 0 Å². The van der Waals surface area contributed by atoms with Gasteiger partial charge in [-0.2, -0.15) is 13.2 Å². The standard InChI is InChI=1S/C11H17F3N2O/c1-7-5-9(7)15-10(17)16-4-2-3-8(6-16)11(12,13)14/h7-9H,2-6H2,1H3,(H,15,17)/t7-,8-,9-/m1/s1. The molecule has 2 aliphatic rings. The van der Waals surface area contributed by atoms with Crippen molar-refractivity contribution in [1.82, 2.24) is 10.2 Å². The van der Waals surface area contributed by atoms with Crippen molar-refractivity contribution < 1.29 is 18.0 Å². The first-order valence-electron chi connectivity index (χ1n) is 6.00. The number of hydrogen-bond donors (Lipinski definition) is 1. The first kappa shape index (κ1) is 12.5. The van der Waals surface area contributed by atoms with Gasteiger partial charge in [-0.1, -0.05) is 6.92 Å². The topological polar surface area (TPSA) is 32.3 Å². The molecule has 0 bridgehead atoms. The molecule has 0 aromatic heterocycles. The van der Waals surface area contributed by atoms with Crippen molar-refractivity contribution >= 4 is 6.03 Å². The predicted molar refractivity (Wildman–Crippen MR) is 56.5 cm³/mol. The summed E-state index contributed by atoms with van der Waals surface area (Å²) in [6.45, 7) is 2.25. The molecule has 0 aromatic rings. The third-order valence-electron chi connectivity index (χ3n) is 3.59. The molecule has 0 radical (unpaired) electrons. The summed E-state index contributed by atoms with van der Waals surface area (Å²) in [5.74, 6) is -0.902. The van der Waals surface area contributed by atoms with Gasteiger partial charge in [-0.15, -0.1) is 0 Å². The summed E-state index contributed by atoms with van der Waals surface area (Å²) in [6, 6.07) is -0.179. The van der Waals surface area contributed by atoms with Crippen molar-refractivity contribution in [2.45, 2.75) is 38.4 Å². The Kier molecular flexibility index (Phi) is 3.23. The average molecular weight is 250 g/mol. The fourth-order valence-corrected chi connectivity index (χ4v) is 2.20. The van der Waals surface area contributed by atoms with Gasteiger partial charge in [-0.25, -0.2) is 4.79 Å². The maximum absolute atomic E-state index is 12.6. The van der Waals surface area contributed by atoms with Crippen molar-refractivity contribution in [3.05, 3.63) is 0 Å². The third kappa shape index (κ3) is 3.04. The highest BCUT2D eigenvalue weighted by molar-refractivity contribution is 5.75. The lowest BCUT2D eigenvalue weighted by atomic mass is 9.98. The van der Waals surface area contributed by atoms with Crippen LogP contribution in [0.3, 0.4) is 0 Å². The van der Waals surface area contributed by atoms with Crippen LogP contribution in [0.1, 0.15) is 26.2 Å². The summed E-state index contributed by atoms with van der Waals surface area (Å²) < 4.78 is 37.7. The van der Waals surface area contributed by atoms with Crippen LogP contribution in [0.15, 0.2) is 0 Å². The van der Waals surface area contributed by atoms with E-state index in [2.05, 4.69) is 5.32 Å². The minimum absolute atomic E-state index is 0.132. The third-order valence-corrected chi connectivity index (χ3v) is 3.59. The number of hydrogen-bond acceptors (Lipinski definition) is 1. The number of carbonyl (C=O) groups excluding carboxylic acids is 1. The van der Waals surface area contributed by atoms with Crippen LogP contribution in [0.5, 0.6) is 0 Å². The Balaban J connectivity index is 1.86. The molecular formula is C11H17F3N2O. The van der Waals surface area contributed by atoms with Crippen LogP contribution >= 0.6 is 0 Å². The summed E-state index contributed by atoms with van der Waals surface area (Å²) in [5, 5.41) is 2.76. The number of halogens is 3. The Bertz CT molecular complexity index is 306. The molecule has 2 fully saturated rings. The molecule has 0 unspecified atom stereocenters. The van der Waals surface area contributed by atoms with Crippen LogP contribution in [0.2, 0.25) is 0 Å². The molecular weight excluding hydrogens is 233 g/mol. The smallest absolute Gasteiger partial charge is 0.335 e. The van der Waals surface area contributed by atoms with Crippen LogP contribution in [0, 0.1) is 11.8 Å². The van der Waals surface area contributed by atoms with Gasteiger partial charge in [0.2, 0.25) is 0 Å². The van der Waals surface area contributed by atoms with Gasteiger partial charge in [0.15, 0.2) is 0 Å². The Labute approximate surface area is 98.3 Å². The van der Waals surface area contributed by atoms with E-state index in [4.69, 9.17) is 0 Å². The maximum atomic E-state index is 12.6. The number of piperidine rings is 1. The molecule has 17 heavy (non-hydrogen) atoms. The Morgan fingerprint density at radius 2 is 2.06 bits per heavy atom. The molecule has 3 atom stereocenters. The van der Waals surface area contributed by atoms with E-state index in [-0.39, 0.29) is 25.0 Å². The van der Waals surface area contributed by atoms with Crippen LogP contribution in [-0.4, -0.2) is 36.2 Å². The van der Waals surface area contributed by atoms with Gasteiger partial charge in [0.05, 0.1) is 5.92 Å². The fraction of sp³-hybridized carbons (Fsp3) is 0.909. The van der Waals surface area contributed by atoms with E-state index in [0.717, 1.165) is 6.42 Å². The highest BCUT2D eigenvalue weighted by Gasteiger charge is 2.43. The number of urea groups is 1. The summed E-state index contributed by atoms with van der Waals surface area (Å²) in [7, 11) is 0. The van der Waals surface area contributed by atoms with Crippen molar-refractivity contribution in [1.29, 1.82) is 0 Å². The molecule has 3 nitrogen and oxygen atoms in total. The lowest BCUT2D eigenvalue weighted by Gasteiger charge is -2.33. The van der Waals surface area contributed by atoms with Gasteiger partial charge in [-0.05, 0) is 25.2 Å². The molecule has 6 heteroatoms. The van der Waals surface area contributed by atoms with E-state index in [1.54, 1.807) is 0 Å². The van der Waals surface area contributed by atoms with Crippen LogP contribution in [0.25, 0.3) is 0 Å². The molecule has 1 heterocycles. The van der Waals surface area contributed by atoms with Gasteiger partial charge in [-0.3, -0.25) is 0 Å². The molecule has 1 saturated carbocycles. The lowest BCUT2D eigenvalue weighted by molar-refractivity contribution is -0.184. The molecule has 2 rings (SSSR count). The van der Waals surface area contributed by atoms with E-state index in [0.29, 0.717) is 18.9 Å². The molecule has 98 valence electrons. The Morgan fingerprint density at radius 3 is 2.59 bits per heavy atom. The van der Waals surface area contributed by atoms with Crippen molar-refractivity contribution in [3.63, 3.8) is 0 Å². The van der Waals surface area contributed by atoms with Crippen molar-refractivity contribution in [3.8, 4) is 0 Å². The van der Waals surface area contributed by atoms with Gasteiger partial charge in [0.25, 0.3) is 0 Å². The second-order valence-corrected chi connectivity index (χ2v) is 5.10. The molecule has 0 spiro atoms. The van der Waals surface area contributed by atoms with Crippen molar-refractivity contribution in [2.24, 2.45) is 11.8 Å². The zero-order chi connectivity index (χ0) is 12.6. The molecule has 1 aliphatic carbocycles. The monoisotopic (exact) mass is 250 g/mol. The van der Waals surface area contributed by atoms with Crippen LogP contribution < -0.4 is 5.32 Å². The Morgan fingerprint density at radius 1 is 1.41 bits per heavy atom. The number of carbonyl (C=O) groups is 1. The number of likely N-dealkylation sites (tertiary alicyclic amines) is 1. The first-order chi connectivity index (χ1) is 7.88. The van der Waals surface area contributed by atoms with Gasteiger partial charge < -0.3 is 10.2 Å². The second kappa shape index (κ2) is 4.38. The highest BCUT2D eigenvalue weighted by Crippen LogP contribution is 2.34. The number of nitrogens with one attached hydrogen (secondary N) is 1. The maximum Gasteiger partial charge on any atom is 0.393 e. The Hall–Kier alpha value is -0.940. The largest absolute Gasteiger partial charge is 0.393 e. The number of amides is 2. The fourth-order valence-electron chi connectivity index (χ4n) is 2.20. The second-order valence-electron chi connectivity index (χ2n) is 5.10. The average Bonchev–Trinajstić information content (AvgIpc) is 2.93. The number of alkyl halides is 3.